The maximum Gasteiger partial charge on any atom is 0.295 e. The summed E-state index contributed by atoms with van der Waals surface area (Å²) in [7, 11) is 0. The van der Waals surface area contributed by atoms with Crippen molar-refractivity contribution in [1.82, 2.24) is 9.88 Å². The molecule has 3 aromatic rings. The number of aliphatic hydroxyl groups excluding tert-OH is 1. The number of carbonyl (C=O) groups is 2. The van der Waals surface area contributed by atoms with Crippen molar-refractivity contribution < 1.29 is 24.2 Å². The van der Waals surface area contributed by atoms with Crippen LogP contribution in [-0.2, 0) is 16.1 Å². The summed E-state index contributed by atoms with van der Waals surface area (Å²) in [5.74, 6) is -0.521. The van der Waals surface area contributed by atoms with Crippen LogP contribution in [0.4, 0.5) is 0 Å². The van der Waals surface area contributed by atoms with Crippen LogP contribution in [0.2, 0.25) is 0 Å². The Hall–Kier alpha value is -4.13. The molecule has 7 nitrogen and oxygen atoms in total. The van der Waals surface area contributed by atoms with Gasteiger partial charge in [0, 0.05) is 24.5 Å². The van der Waals surface area contributed by atoms with Crippen molar-refractivity contribution in [3.8, 4) is 11.5 Å². The van der Waals surface area contributed by atoms with Gasteiger partial charge in [-0.05, 0) is 42.7 Å². The van der Waals surface area contributed by atoms with Gasteiger partial charge in [0.05, 0.1) is 24.8 Å². The summed E-state index contributed by atoms with van der Waals surface area (Å²) in [5, 5.41) is 11.2. The summed E-state index contributed by atoms with van der Waals surface area (Å²) >= 11 is 0. The second kappa shape index (κ2) is 10.9. The quantitative estimate of drug-likeness (QED) is 0.271. The number of carbonyl (C=O) groups excluding carboxylic acids is 2. The minimum Gasteiger partial charge on any atom is -0.507 e. The van der Waals surface area contributed by atoms with E-state index in [0.29, 0.717) is 35.8 Å². The minimum atomic E-state index is -0.810. The minimum absolute atomic E-state index is 0.0368. The molecule has 1 saturated heterocycles. The Morgan fingerprint density at radius 1 is 1.00 bits per heavy atom. The van der Waals surface area contributed by atoms with Gasteiger partial charge in [0.1, 0.15) is 5.76 Å². The summed E-state index contributed by atoms with van der Waals surface area (Å²) in [5.41, 5.74) is 1.91. The van der Waals surface area contributed by atoms with Crippen LogP contribution in [0.5, 0.6) is 11.5 Å². The number of rotatable bonds is 9. The fourth-order valence-electron chi connectivity index (χ4n) is 4.12. The zero-order valence-electron chi connectivity index (χ0n) is 19.8. The normalized spacial score (nSPS) is 17.0. The molecular weight excluding hydrogens is 444 g/mol. The molecule has 2 heterocycles. The first kappa shape index (κ1) is 24.0. The summed E-state index contributed by atoms with van der Waals surface area (Å²) in [6, 6.07) is 16.9. The van der Waals surface area contributed by atoms with Crippen molar-refractivity contribution in [3.63, 3.8) is 0 Å². The Balaban J connectivity index is 1.85. The molecule has 1 N–H and O–H groups in total. The van der Waals surface area contributed by atoms with Gasteiger partial charge in [-0.1, -0.05) is 49.4 Å². The van der Waals surface area contributed by atoms with E-state index in [-0.39, 0.29) is 17.9 Å². The Morgan fingerprint density at radius 3 is 2.49 bits per heavy atom. The number of hydrogen-bond donors (Lipinski definition) is 1. The molecular formula is C28H28N2O5. The predicted octanol–water partition coefficient (Wildman–Crippen LogP) is 4.89. The summed E-state index contributed by atoms with van der Waals surface area (Å²) in [6.07, 6.45) is 4.14. The van der Waals surface area contributed by atoms with Crippen molar-refractivity contribution >= 4 is 17.4 Å². The highest BCUT2D eigenvalue weighted by Crippen LogP contribution is 2.42. The number of hydrogen-bond acceptors (Lipinski definition) is 6. The molecule has 1 amide bonds. The lowest BCUT2D eigenvalue weighted by molar-refractivity contribution is -0.140. The van der Waals surface area contributed by atoms with Gasteiger partial charge in [-0.25, -0.2) is 0 Å². The van der Waals surface area contributed by atoms with Gasteiger partial charge in [-0.15, -0.1) is 0 Å². The number of Topliss-reactive ketones (excluding diaryl/α,β-unsaturated/α-hetero) is 1. The van der Waals surface area contributed by atoms with E-state index in [1.807, 2.05) is 26.0 Å². The van der Waals surface area contributed by atoms with Gasteiger partial charge in [-0.2, -0.15) is 0 Å². The number of nitrogens with zero attached hydrogens (tertiary/aromatic N) is 2. The Labute approximate surface area is 204 Å². The number of likely N-dealkylation sites (tertiary alicyclic amines) is 1. The lowest BCUT2D eigenvalue weighted by atomic mass is 9.95. The fraction of sp³-hybridized carbons (Fsp3) is 0.250. The van der Waals surface area contributed by atoms with Gasteiger partial charge in [0.2, 0.25) is 0 Å². The molecule has 35 heavy (non-hydrogen) atoms. The van der Waals surface area contributed by atoms with E-state index in [4.69, 9.17) is 9.47 Å². The average molecular weight is 473 g/mol. The van der Waals surface area contributed by atoms with Crippen LogP contribution in [0, 0.1) is 0 Å². The van der Waals surface area contributed by atoms with E-state index in [1.54, 1.807) is 60.9 Å². The van der Waals surface area contributed by atoms with E-state index < -0.39 is 17.7 Å². The number of pyridine rings is 1. The zero-order valence-corrected chi connectivity index (χ0v) is 19.8. The van der Waals surface area contributed by atoms with Gasteiger partial charge in [0.15, 0.2) is 11.5 Å². The highest BCUT2D eigenvalue weighted by Gasteiger charge is 2.46. The van der Waals surface area contributed by atoms with Crippen LogP contribution >= 0.6 is 0 Å². The summed E-state index contributed by atoms with van der Waals surface area (Å²) in [4.78, 5) is 32.0. The third-order valence-electron chi connectivity index (χ3n) is 5.71. The number of ketones is 1. The lowest BCUT2D eigenvalue weighted by Crippen LogP contribution is -2.29. The lowest BCUT2D eigenvalue weighted by Gasteiger charge is -2.26. The largest absolute Gasteiger partial charge is 0.507 e. The van der Waals surface area contributed by atoms with Crippen molar-refractivity contribution in [3.05, 3.63) is 95.3 Å². The van der Waals surface area contributed by atoms with Gasteiger partial charge in [-0.3, -0.25) is 14.6 Å². The predicted molar refractivity (Wildman–Crippen MR) is 132 cm³/mol. The molecule has 1 aliphatic heterocycles. The maximum atomic E-state index is 13.2. The molecule has 0 radical (unpaired) electrons. The highest BCUT2D eigenvalue weighted by molar-refractivity contribution is 6.46. The van der Waals surface area contributed by atoms with Crippen molar-refractivity contribution in [2.75, 3.05) is 13.2 Å². The molecule has 4 rings (SSSR count). The van der Waals surface area contributed by atoms with E-state index in [1.165, 1.54) is 4.90 Å². The maximum absolute atomic E-state index is 13.2. The second-order valence-corrected chi connectivity index (χ2v) is 8.14. The van der Waals surface area contributed by atoms with Gasteiger partial charge < -0.3 is 19.5 Å². The van der Waals surface area contributed by atoms with E-state index in [9.17, 15) is 14.7 Å². The van der Waals surface area contributed by atoms with E-state index in [2.05, 4.69) is 4.98 Å². The molecule has 1 unspecified atom stereocenters. The third-order valence-corrected chi connectivity index (χ3v) is 5.71. The Kier molecular flexibility index (Phi) is 7.45. The van der Waals surface area contributed by atoms with Crippen LogP contribution in [0.25, 0.3) is 5.76 Å². The van der Waals surface area contributed by atoms with E-state index in [0.717, 1.165) is 12.0 Å². The van der Waals surface area contributed by atoms with Crippen molar-refractivity contribution in [2.45, 2.75) is 32.9 Å². The highest BCUT2D eigenvalue weighted by atomic mass is 16.5. The molecule has 7 heteroatoms. The van der Waals surface area contributed by atoms with Gasteiger partial charge >= 0.3 is 0 Å². The number of amides is 1. The second-order valence-electron chi connectivity index (χ2n) is 8.14. The molecule has 1 aromatic heterocycles. The molecule has 0 spiro atoms. The molecule has 180 valence electrons. The first-order valence-electron chi connectivity index (χ1n) is 11.7. The Bertz CT molecular complexity index is 1220. The SMILES string of the molecule is CCCOc1ccc(C2/C(=C(\O)c3ccccc3)C(=O)C(=O)N2Cc2cccnc2)cc1OCC. The first-order chi connectivity index (χ1) is 17.0. The smallest absolute Gasteiger partial charge is 0.295 e. The molecule has 0 bridgehead atoms. The summed E-state index contributed by atoms with van der Waals surface area (Å²) < 4.78 is 11.6. The van der Waals surface area contributed by atoms with Crippen LogP contribution < -0.4 is 9.47 Å². The average Bonchev–Trinajstić information content (AvgIpc) is 3.13. The number of aromatic nitrogens is 1. The van der Waals surface area contributed by atoms with Crippen LogP contribution in [0.15, 0.2) is 78.6 Å². The number of benzene rings is 2. The molecule has 0 aliphatic carbocycles. The first-order valence-corrected chi connectivity index (χ1v) is 11.7. The van der Waals surface area contributed by atoms with E-state index >= 15 is 0 Å². The third kappa shape index (κ3) is 5.04. The number of aliphatic hydroxyl groups is 1. The fourth-order valence-corrected chi connectivity index (χ4v) is 4.12. The van der Waals surface area contributed by atoms with Crippen LogP contribution in [0.3, 0.4) is 0 Å². The van der Waals surface area contributed by atoms with Crippen LogP contribution in [-0.4, -0.2) is 39.9 Å². The molecule has 0 saturated carbocycles. The summed E-state index contributed by atoms with van der Waals surface area (Å²) in [6.45, 7) is 5.01. The topological polar surface area (TPSA) is 89.0 Å². The van der Waals surface area contributed by atoms with Gasteiger partial charge in [0.25, 0.3) is 11.7 Å². The molecule has 1 atom stereocenters. The standard InChI is InChI=1S/C28H28N2O5/c1-3-15-35-22-13-12-21(16-23(22)34-4-2)25-24(26(31)20-10-6-5-7-11-20)27(32)28(33)30(25)18-19-9-8-14-29-17-19/h5-14,16-17,25,31H,3-4,15,18H2,1-2H3/b26-24+. The number of ether oxygens (including phenoxy) is 2. The van der Waals surface area contributed by atoms with Crippen molar-refractivity contribution in [2.24, 2.45) is 0 Å². The molecule has 1 aliphatic rings. The van der Waals surface area contributed by atoms with Crippen LogP contribution in [0.1, 0.15) is 43.0 Å². The monoisotopic (exact) mass is 472 g/mol. The molecule has 1 fully saturated rings. The van der Waals surface area contributed by atoms with Crippen molar-refractivity contribution in [1.29, 1.82) is 0 Å². The Morgan fingerprint density at radius 2 is 1.80 bits per heavy atom. The molecule has 2 aromatic carbocycles. The zero-order chi connectivity index (χ0) is 24.8.